The quantitative estimate of drug-likeness (QED) is 0.809. The number of carbonyl (C=O) groups is 2. The average molecular weight is 398 g/mol. The normalized spacial score (nSPS) is 20.7. The molecule has 1 aliphatic heterocycles. The molecule has 2 atom stereocenters. The van der Waals surface area contributed by atoms with Gasteiger partial charge in [0.15, 0.2) is 0 Å². The molecule has 5 nitrogen and oxygen atoms in total. The lowest BCUT2D eigenvalue weighted by molar-refractivity contribution is -0.121. The lowest BCUT2D eigenvalue weighted by Gasteiger charge is -2.32. The molecule has 0 bridgehead atoms. The molecule has 2 heterocycles. The Morgan fingerprint density at radius 2 is 2.11 bits per heavy atom. The van der Waals surface area contributed by atoms with Crippen LogP contribution in [0.5, 0.6) is 0 Å². The molecule has 1 aliphatic carbocycles. The van der Waals surface area contributed by atoms with E-state index < -0.39 is 0 Å². The van der Waals surface area contributed by atoms with Crippen molar-refractivity contribution in [1.82, 2.24) is 10.3 Å². The predicted octanol–water partition coefficient (Wildman–Crippen LogP) is 4.75. The van der Waals surface area contributed by atoms with Crippen LogP contribution in [0.3, 0.4) is 0 Å². The molecule has 0 fully saturated rings. The van der Waals surface area contributed by atoms with Gasteiger partial charge in [-0.2, -0.15) is 0 Å². The summed E-state index contributed by atoms with van der Waals surface area (Å²) in [5.74, 6) is 0.00764. The van der Waals surface area contributed by atoms with Crippen LogP contribution in [-0.2, 0) is 11.2 Å². The van der Waals surface area contributed by atoms with Crippen LogP contribution in [0.15, 0.2) is 30.6 Å². The van der Waals surface area contributed by atoms with Crippen LogP contribution in [0.4, 0.5) is 5.69 Å². The second-order valence-electron chi connectivity index (χ2n) is 7.42. The number of amides is 2. The van der Waals surface area contributed by atoms with Crippen molar-refractivity contribution < 1.29 is 9.59 Å². The minimum atomic E-state index is -0.0433. The van der Waals surface area contributed by atoms with Gasteiger partial charge in [-0.05, 0) is 54.5 Å². The van der Waals surface area contributed by atoms with E-state index in [1.54, 1.807) is 12.3 Å². The molecule has 146 valence electrons. The van der Waals surface area contributed by atoms with Gasteiger partial charge in [0.2, 0.25) is 5.91 Å². The van der Waals surface area contributed by atoms with E-state index >= 15 is 0 Å². The van der Waals surface area contributed by atoms with Crippen molar-refractivity contribution in [3.8, 4) is 0 Å². The zero-order valence-electron chi connectivity index (χ0n) is 16.2. The number of nitrogens with one attached hydrogen (secondary N) is 1. The number of aromatic nitrogens is 1. The highest BCUT2D eigenvalue weighted by atomic mass is 35.5. The molecular weight excluding hydrogens is 374 g/mol. The van der Waals surface area contributed by atoms with Crippen molar-refractivity contribution in [2.24, 2.45) is 0 Å². The fourth-order valence-electron chi connectivity index (χ4n) is 4.45. The molecule has 2 aromatic rings. The number of benzene rings is 1. The summed E-state index contributed by atoms with van der Waals surface area (Å²) in [6, 6.07) is 5.48. The molecule has 1 aromatic carbocycles. The summed E-state index contributed by atoms with van der Waals surface area (Å²) in [5.41, 5.74) is 4.69. The van der Waals surface area contributed by atoms with Crippen molar-refractivity contribution in [3.63, 3.8) is 0 Å². The molecule has 0 saturated carbocycles. The van der Waals surface area contributed by atoms with Crippen molar-refractivity contribution >= 4 is 29.1 Å². The fourth-order valence-corrected chi connectivity index (χ4v) is 4.62. The van der Waals surface area contributed by atoms with Crippen molar-refractivity contribution in [3.05, 3.63) is 57.9 Å². The third-order valence-corrected chi connectivity index (χ3v) is 6.04. The van der Waals surface area contributed by atoms with E-state index in [-0.39, 0.29) is 23.9 Å². The summed E-state index contributed by atoms with van der Waals surface area (Å²) in [6.45, 7) is 3.94. The van der Waals surface area contributed by atoms with E-state index in [1.165, 1.54) is 0 Å². The van der Waals surface area contributed by atoms with Gasteiger partial charge in [0.25, 0.3) is 5.91 Å². The average Bonchev–Trinajstić information content (AvgIpc) is 2.98. The highest BCUT2D eigenvalue weighted by Crippen LogP contribution is 2.44. The molecule has 2 aliphatic rings. The Morgan fingerprint density at radius 1 is 1.29 bits per heavy atom. The molecule has 6 heteroatoms. The fraction of sp³-hybridized carbons (Fsp3) is 0.409. The summed E-state index contributed by atoms with van der Waals surface area (Å²) in [7, 11) is 0. The van der Waals surface area contributed by atoms with Gasteiger partial charge < -0.3 is 5.32 Å². The van der Waals surface area contributed by atoms with Gasteiger partial charge in [-0.1, -0.05) is 31.5 Å². The molecular formula is C22H24ClN3O2. The minimum absolute atomic E-state index is 0.0285. The zero-order valence-corrected chi connectivity index (χ0v) is 16.9. The second-order valence-corrected chi connectivity index (χ2v) is 7.86. The van der Waals surface area contributed by atoms with Crippen LogP contribution in [-0.4, -0.2) is 16.8 Å². The summed E-state index contributed by atoms with van der Waals surface area (Å²) >= 11 is 6.15. The molecule has 0 spiro atoms. The van der Waals surface area contributed by atoms with Gasteiger partial charge in [-0.3, -0.25) is 19.5 Å². The Morgan fingerprint density at radius 3 is 2.86 bits per heavy atom. The number of pyridine rings is 1. The summed E-state index contributed by atoms with van der Waals surface area (Å²) < 4.78 is 0. The number of fused-ring (bicyclic) bond motifs is 2. The van der Waals surface area contributed by atoms with E-state index in [4.69, 9.17) is 11.6 Å². The lowest BCUT2D eigenvalue weighted by Crippen LogP contribution is -2.33. The first-order valence-electron chi connectivity index (χ1n) is 9.94. The summed E-state index contributed by atoms with van der Waals surface area (Å²) in [5, 5.41) is 3.67. The third-order valence-electron chi connectivity index (χ3n) is 5.80. The molecule has 28 heavy (non-hydrogen) atoms. The Labute approximate surface area is 170 Å². The van der Waals surface area contributed by atoms with Gasteiger partial charge in [0.1, 0.15) is 0 Å². The first kappa shape index (κ1) is 18.9. The number of anilines is 1. The second kappa shape index (κ2) is 7.55. The lowest BCUT2D eigenvalue weighted by atomic mass is 9.87. The monoisotopic (exact) mass is 397 g/mol. The molecule has 0 unspecified atom stereocenters. The Hall–Kier alpha value is -2.40. The Kier molecular flexibility index (Phi) is 5.11. The predicted molar refractivity (Wildman–Crippen MR) is 110 cm³/mol. The van der Waals surface area contributed by atoms with Crippen molar-refractivity contribution in [2.75, 3.05) is 4.90 Å². The number of nitrogens with zero attached hydrogens (tertiary/aromatic N) is 2. The number of hydrogen-bond acceptors (Lipinski definition) is 3. The van der Waals surface area contributed by atoms with Crippen LogP contribution in [0.2, 0.25) is 5.02 Å². The van der Waals surface area contributed by atoms with Crippen LogP contribution in [0, 0.1) is 0 Å². The molecule has 0 saturated heterocycles. The summed E-state index contributed by atoms with van der Waals surface area (Å²) in [6.07, 6.45) is 7.63. The van der Waals surface area contributed by atoms with Gasteiger partial charge in [-0.15, -0.1) is 0 Å². The van der Waals surface area contributed by atoms with E-state index in [1.807, 2.05) is 30.2 Å². The molecule has 1 N–H and O–H groups in total. The largest absolute Gasteiger partial charge is 0.349 e. The standard InChI is InChI=1S/C22H24ClN3O2/c1-3-19-15-9-8-13(23)10-16(15)22(28)26(19)20-12-24-11-17-14(20)6-5-7-18(17)25-21(27)4-2/h8-12,18-19H,3-7H2,1-2H3,(H,25,27)/t18-,19+/m1/s1. The van der Waals surface area contributed by atoms with Gasteiger partial charge in [-0.25, -0.2) is 0 Å². The Bertz CT molecular complexity index is 943. The zero-order chi connectivity index (χ0) is 19.8. The molecule has 1 aromatic heterocycles. The van der Waals surface area contributed by atoms with Gasteiger partial charge >= 0.3 is 0 Å². The topological polar surface area (TPSA) is 62.3 Å². The van der Waals surface area contributed by atoms with Crippen molar-refractivity contribution in [1.29, 1.82) is 0 Å². The van der Waals surface area contributed by atoms with E-state index in [0.29, 0.717) is 17.0 Å². The van der Waals surface area contributed by atoms with E-state index in [0.717, 1.165) is 48.1 Å². The minimum Gasteiger partial charge on any atom is -0.349 e. The number of hydrogen-bond donors (Lipinski definition) is 1. The van der Waals surface area contributed by atoms with E-state index in [9.17, 15) is 9.59 Å². The molecule has 2 amide bonds. The number of halogens is 1. The first-order chi connectivity index (χ1) is 13.5. The smallest absolute Gasteiger partial charge is 0.259 e. The SMILES string of the molecule is CCC(=O)N[C@@H]1CCCc2c1cncc2N1C(=O)c2cc(Cl)ccc2[C@@H]1CC. The highest BCUT2D eigenvalue weighted by Gasteiger charge is 2.39. The maximum absolute atomic E-state index is 13.3. The third kappa shape index (κ3) is 3.08. The van der Waals surface area contributed by atoms with Gasteiger partial charge in [0, 0.05) is 23.2 Å². The molecule has 0 radical (unpaired) electrons. The van der Waals surface area contributed by atoms with Crippen LogP contribution >= 0.6 is 11.6 Å². The van der Waals surface area contributed by atoms with Gasteiger partial charge in [0.05, 0.1) is 24.0 Å². The summed E-state index contributed by atoms with van der Waals surface area (Å²) in [4.78, 5) is 31.5. The van der Waals surface area contributed by atoms with Crippen LogP contribution in [0.1, 0.15) is 78.7 Å². The van der Waals surface area contributed by atoms with E-state index in [2.05, 4.69) is 17.2 Å². The van der Waals surface area contributed by atoms with Crippen LogP contribution < -0.4 is 10.2 Å². The molecule has 4 rings (SSSR count). The maximum Gasteiger partial charge on any atom is 0.259 e. The number of carbonyl (C=O) groups excluding carboxylic acids is 2. The Balaban J connectivity index is 1.77. The highest BCUT2D eigenvalue weighted by molar-refractivity contribution is 6.31. The van der Waals surface area contributed by atoms with Crippen molar-refractivity contribution in [2.45, 2.75) is 58.0 Å². The van der Waals surface area contributed by atoms with Crippen LogP contribution in [0.25, 0.3) is 0 Å². The maximum atomic E-state index is 13.3. The first-order valence-corrected chi connectivity index (χ1v) is 10.3. The number of rotatable bonds is 4.